The number of fused-ring (bicyclic) bond motifs is 1. The van der Waals surface area contributed by atoms with Crippen LogP contribution < -0.4 is 9.47 Å². The second kappa shape index (κ2) is 4.85. The standard InChI is InChI=1S/C14H15ClN2O2/c1-18-11-6-9-10(7-12(11)19-2)16-13(17-14(9)15)5-8-3-4-8/h6-8H,3-5H2,1-2H3. The second-order valence-corrected chi connectivity index (χ2v) is 5.16. The highest BCUT2D eigenvalue weighted by Crippen LogP contribution is 2.35. The molecule has 0 amide bonds. The number of ether oxygens (including phenoxy) is 2. The van der Waals surface area contributed by atoms with Gasteiger partial charge in [-0.05, 0) is 24.8 Å². The third-order valence-electron chi connectivity index (χ3n) is 3.37. The van der Waals surface area contributed by atoms with Crippen LogP contribution in [0.1, 0.15) is 18.7 Å². The fourth-order valence-electron chi connectivity index (χ4n) is 2.14. The van der Waals surface area contributed by atoms with Crippen molar-refractivity contribution < 1.29 is 9.47 Å². The molecule has 4 nitrogen and oxygen atoms in total. The zero-order chi connectivity index (χ0) is 13.4. The van der Waals surface area contributed by atoms with Gasteiger partial charge in [-0.15, -0.1) is 0 Å². The molecule has 0 radical (unpaired) electrons. The van der Waals surface area contributed by atoms with Gasteiger partial charge in [-0.2, -0.15) is 0 Å². The highest BCUT2D eigenvalue weighted by Gasteiger charge is 2.23. The van der Waals surface area contributed by atoms with Crippen molar-refractivity contribution in [3.63, 3.8) is 0 Å². The lowest BCUT2D eigenvalue weighted by Crippen LogP contribution is -1.99. The van der Waals surface area contributed by atoms with E-state index in [4.69, 9.17) is 21.1 Å². The molecule has 0 aliphatic heterocycles. The van der Waals surface area contributed by atoms with E-state index in [2.05, 4.69) is 9.97 Å². The minimum Gasteiger partial charge on any atom is -0.493 e. The van der Waals surface area contributed by atoms with Gasteiger partial charge in [-0.1, -0.05) is 11.6 Å². The van der Waals surface area contributed by atoms with E-state index < -0.39 is 0 Å². The SMILES string of the molecule is COc1cc2nc(CC3CC3)nc(Cl)c2cc1OC. The lowest BCUT2D eigenvalue weighted by Gasteiger charge is -2.10. The zero-order valence-electron chi connectivity index (χ0n) is 10.9. The molecule has 0 unspecified atom stereocenters. The van der Waals surface area contributed by atoms with Gasteiger partial charge in [-0.25, -0.2) is 9.97 Å². The van der Waals surface area contributed by atoms with Gasteiger partial charge in [0.15, 0.2) is 11.5 Å². The van der Waals surface area contributed by atoms with E-state index in [-0.39, 0.29) is 0 Å². The molecule has 0 saturated heterocycles. The van der Waals surface area contributed by atoms with Gasteiger partial charge >= 0.3 is 0 Å². The minimum atomic E-state index is 0.474. The van der Waals surface area contributed by atoms with Crippen molar-refractivity contribution in [2.75, 3.05) is 14.2 Å². The van der Waals surface area contributed by atoms with E-state index in [1.807, 2.05) is 12.1 Å². The first kappa shape index (κ1) is 12.5. The van der Waals surface area contributed by atoms with Gasteiger partial charge in [0, 0.05) is 17.9 Å². The number of methoxy groups -OCH3 is 2. The molecule has 1 saturated carbocycles. The molecule has 0 bridgehead atoms. The zero-order valence-corrected chi connectivity index (χ0v) is 11.7. The van der Waals surface area contributed by atoms with Crippen molar-refractivity contribution in [2.24, 2.45) is 5.92 Å². The summed E-state index contributed by atoms with van der Waals surface area (Å²) in [6.07, 6.45) is 3.44. The van der Waals surface area contributed by atoms with E-state index in [0.717, 1.165) is 29.1 Å². The van der Waals surface area contributed by atoms with Gasteiger partial charge in [0.2, 0.25) is 0 Å². The quantitative estimate of drug-likeness (QED) is 0.805. The molecular formula is C14H15ClN2O2. The lowest BCUT2D eigenvalue weighted by atomic mass is 10.2. The number of hydrogen-bond donors (Lipinski definition) is 0. The monoisotopic (exact) mass is 278 g/mol. The van der Waals surface area contributed by atoms with Gasteiger partial charge in [0.1, 0.15) is 11.0 Å². The summed E-state index contributed by atoms with van der Waals surface area (Å²) >= 11 is 6.24. The number of benzene rings is 1. The Kier molecular flexibility index (Phi) is 3.19. The van der Waals surface area contributed by atoms with Crippen molar-refractivity contribution in [2.45, 2.75) is 19.3 Å². The Morgan fingerprint density at radius 1 is 1.16 bits per heavy atom. The number of halogens is 1. The van der Waals surface area contributed by atoms with Gasteiger partial charge in [-0.3, -0.25) is 0 Å². The average Bonchev–Trinajstić information content (AvgIpc) is 3.21. The first-order chi connectivity index (χ1) is 9.21. The van der Waals surface area contributed by atoms with Crippen LogP contribution in [0.5, 0.6) is 11.5 Å². The summed E-state index contributed by atoms with van der Waals surface area (Å²) in [5, 5.41) is 1.26. The molecule has 0 N–H and O–H groups in total. The summed E-state index contributed by atoms with van der Waals surface area (Å²) in [4.78, 5) is 8.94. The first-order valence-electron chi connectivity index (χ1n) is 6.29. The van der Waals surface area contributed by atoms with E-state index in [1.165, 1.54) is 12.8 Å². The first-order valence-corrected chi connectivity index (χ1v) is 6.67. The highest BCUT2D eigenvalue weighted by atomic mass is 35.5. The van der Waals surface area contributed by atoms with Crippen molar-refractivity contribution in [1.29, 1.82) is 0 Å². The van der Waals surface area contributed by atoms with E-state index in [9.17, 15) is 0 Å². The molecule has 3 rings (SSSR count). The number of nitrogens with zero attached hydrogens (tertiary/aromatic N) is 2. The summed E-state index contributed by atoms with van der Waals surface area (Å²) in [7, 11) is 3.21. The molecule has 0 spiro atoms. The Balaban J connectivity index is 2.11. The van der Waals surface area contributed by atoms with E-state index >= 15 is 0 Å². The van der Waals surface area contributed by atoms with Crippen LogP contribution in [0.3, 0.4) is 0 Å². The Labute approximate surface area is 116 Å². The van der Waals surface area contributed by atoms with Crippen molar-refractivity contribution in [3.05, 3.63) is 23.1 Å². The summed E-state index contributed by atoms with van der Waals surface area (Å²) in [6.45, 7) is 0. The summed E-state index contributed by atoms with van der Waals surface area (Å²) in [5.41, 5.74) is 0.799. The van der Waals surface area contributed by atoms with Crippen molar-refractivity contribution in [3.8, 4) is 11.5 Å². The van der Waals surface area contributed by atoms with E-state index in [1.54, 1.807) is 14.2 Å². The van der Waals surface area contributed by atoms with Crippen molar-refractivity contribution in [1.82, 2.24) is 9.97 Å². The molecule has 1 aliphatic rings. The Bertz CT molecular complexity index is 626. The molecule has 0 atom stereocenters. The maximum absolute atomic E-state index is 6.24. The normalized spacial score (nSPS) is 14.7. The molecule has 100 valence electrons. The van der Waals surface area contributed by atoms with Crippen LogP contribution in [-0.4, -0.2) is 24.2 Å². The third kappa shape index (κ3) is 2.45. The molecule has 5 heteroatoms. The maximum atomic E-state index is 6.24. The molecule has 1 heterocycles. The fourth-order valence-corrected chi connectivity index (χ4v) is 2.38. The van der Waals surface area contributed by atoms with Gasteiger partial charge in [0.25, 0.3) is 0 Å². The summed E-state index contributed by atoms with van der Waals surface area (Å²) in [6, 6.07) is 3.66. The summed E-state index contributed by atoms with van der Waals surface area (Å²) in [5.74, 6) is 2.83. The molecule has 1 aliphatic carbocycles. The third-order valence-corrected chi connectivity index (χ3v) is 3.66. The number of aromatic nitrogens is 2. The molecule has 1 aromatic carbocycles. The maximum Gasteiger partial charge on any atom is 0.162 e. The minimum absolute atomic E-state index is 0.474. The topological polar surface area (TPSA) is 44.2 Å². The largest absolute Gasteiger partial charge is 0.493 e. The van der Waals surface area contributed by atoms with Crippen molar-refractivity contribution >= 4 is 22.5 Å². The fraction of sp³-hybridized carbons (Fsp3) is 0.429. The smallest absolute Gasteiger partial charge is 0.162 e. The molecule has 2 aromatic rings. The predicted molar refractivity (Wildman–Crippen MR) is 74.1 cm³/mol. The predicted octanol–water partition coefficient (Wildman–Crippen LogP) is 3.25. The van der Waals surface area contributed by atoms with Crippen LogP contribution in [0, 0.1) is 5.92 Å². The van der Waals surface area contributed by atoms with Gasteiger partial charge < -0.3 is 9.47 Å². The van der Waals surface area contributed by atoms with Crippen LogP contribution >= 0.6 is 11.6 Å². The van der Waals surface area contributed by atoms with Crippen LogP contribution in [0.15, 0.2) is 12.1 Å². The molecule has 1 aromatic heterocycles. The summed E-state index contributed by atoms with van der Waals surface area (Å²) < 4.78 is 10.6. The van der Waals surface area contributed by atoms with Gasteiger partial charge in [0.05, 0.1) is 19.7 Å². The van der Waals surface area contributed by atoms with E-state index in [0.29, 0.717) is 16.7 Å². The molecular weight excluding hydrogens is 264 g/mol. The Morgan fingerprint density at radius 3 is 2.47 bits per heavy atom. The van der Waals surface area contributed by atoms with Crippen LogP contribution in [0.4, 0.5) is 0 Å². The van der Waals surface area contributed by atoms with Crippen LogP contribution in [0.25, 0.3) is 10.9 Å². The lowest BCUT2D eigenvalue weighted by molar-refractivity contribution is 0.355. The molecule has 19 heavy (non-hydrogen) atoms. The molecule has 1 fully saturated rings. The number of hydrogen-bond acceptors (Lipinski definition) is 4. The van der Waals surface area contributed by atoms with Crippen LogP contribution in [-0.2, 0) is 6.42 Å². The second-order valence-electron chi connectivity index (χ2n) is 4.80. The Morgan fingerprint density at radius 2 is 1.84 bits per heavy atom. The average molecular weight is 279 g/mol. The number of rotatable bonds is 4. The highest BCUT2D eigenvalue weighted by molar-refractivity contribution is 6.34. The Hall–Kier alpha value is -1.55. The van der Waals surface area contributed by atoms with Crippen LogP contribution in [0.2, 0.25) is 5.15 Å².